The molecule has 1 aliphatic rings. The second-order valence-corrected chi connectivity index (χ2v) is 4.56. The first-order valence-electron chi connectivity index (χ1n) is 5.90. The van der Waals surface area contributed by atoms with E-state index < -0.39 is 0 Å². The molecule has 4 nitrogen and oxygen atoms in total. The Labute approximate surface area is 101 Å². The van der Waals surface area contributed by atoms with Gasteiger partial charge in [-0.2, -0.15) is 0 Å². The van der Waals surface area contributed by atoms with Gasteiger partial charge in [-0.15, -0.1) is 0 Å². The number of nitrogens with zero attached hydrogens (tertiary/aromatic N) is 1. The minimum absolute atomic E-state index is 0.0567. The fourth-order valence-electron chi connectivity index (χ4n) is 2.16. The second-order valence-electron chi connectivity index (χ2n) is 4.56. The lowest BCUT2D eigenvalue weighted by atomic mass is 10.2. The Morgan fingerprint density at radius 3 is 3.06 bits per heavy atom. The number of β-amino-alcohol motifs (C(OH)–C–C–N with tert-alkyl or cyclic N) is 1. The number of amides is 1. The number of likely N-dealkylation sites (tertiary alicyclic amines) is 1. The molecule has 1 aromatic carbocycles. The Morgan fingerprint density at radius 2 is 2.41 bits per heavy atom. The molecule has 0 bridgehead atoms. The Bertz CT molecular complexity index is 406. The SMILES string of the molecule is CC(=O)Nc1cccc(CN2CC[C@@H](O)C2)c1. The van der Waals surface area contributed by atoms with E-state index >= 15 is 0 Å². The van der Waals surface area contributed by atoms with E-state index in [4.69, 9.17) is 0 Å². The van der Waals surface area contributed by atoms with Crippen LogP contribution in [0.15, 0.2) is 24.3 Å². The molecule has 2 N–H and O–H groups in total. The van der Waals surface area contributed by atoms with Gasteiger partial charge in [-0.1, -0.05) is 12.1 Å². The van der Waals surface area contributed by atoms with E-state index in [0.29, 0.717) is 0 Å². The van der Waals surface area contributed by atoms with E-state index in [1.54, 1.807) is 0 Å². The zero-order chi connectivity index (χ0) is 12.3. The molecule has 0 unspecified atom stereocenters. The van der Waals surface area contributed by atoms with Crippen molar-refractivity contribution in [1.82, 2.24) is 4.90 Å². The van der Waals surface area contributed by atoms with Crippen molar-refractivity contribution in [3.63, 3.8) is 0 Å². The van der Waals surface area contributed by atoms with Crippen LogP contribution in [0.3, 0.4) is 0 Å². The van der Waals surface area contributed by atoms with Crippen LogP contribution in [-0.2, 0) is 11.3 Å². The molecule has 1 aliphatic heterocycles. The van der Waals surface area contributed by atoms with Gasteiger partial charge < -0.3 is 10.4 Å². The van der Waals surface area contributed by atoms with E-state index in [1.165, 1.54) is 6.92 Å². The zero-order valence-electron chi connectivity index (χ0n) is 10.0. The highest BCUT2D eigenvalue weighted by Crippen LogP contribution is 2.16. The first-order chi connectivity index (χ1) is 8.13. The molecule has 1 atom stereocenters. The number of aliphatic hydroxyl groups is 1. The quantitative estimate of drug-likeness (QED) is 0.826. The molecule has 0 saturated carbocycles. The normalized spacial score (nSPS) is 20.5. The van der Waals surface area contributed by atoms with Crippen LogP contribution < -0.4 is 5.32 Å². The maximum atomic E-state index is 11.0. The summed E-state index contributed by atoms with van der Waals surface area (Å²) in [5.74, 6) is -0.0567. The Hall–Kier alpha value is -1.39. The molecule has 2 rings (SSSR count). The number of hydrogen-bond acceptors (Lipinski definition) is 3. The average molecular weight is 234 g/mol. The third kappa shape index (κ3) is 3.54. The van der Waals surface area contributed by atoms with Gasteiger partial charge in [0.1, 0.15) is 0 Å². The zero-order valence-corrected chi connectivity index (χ0v) is 10.0. The molecule has 1 heterocycles. The van der Waals surface area contributed by atoms with Gasteiger partial charge in [0, 0.05) is 32.2 Å². The summed E-state index contributed by atoms with van der Waals surface area (Å²) < 4.78 is 0. The summed E-state index contributed by atoms with van der Waals surface area (Å²) in [7, 11) is 0. The molecular formula is C13H18N2O2. The van der Waals surface area contributed by atoms with Crippen LogP contribution in [0.1, 0.15) is 18.9 Å². The summed E-state index contributed by atoms with van der Waals surface area (Å²) in [5.41, 5.74) is 1.99. The Balaban J connectivity index is 1.98. The average Bonchev–Trinajstić information content (AvgIpc) is 2.63. The number of carbonyl (C=O) groups excluding carboxylic acids is 1. The van der Waals surface area contributed by atoms with Crippen molar-refractivity contribution in [1.29, 1.82) is 0 Å². The molecule has 0 aliphatic carbocycles. The first kappa shape index (κ1) is 12.1. The van der Waals surface area contributed by atoms with Gasteiger partial charge in [0.15, 0.2) is 0 Å². The molecule has 1 fully saturated rings. The molecular weight excluding hydrogens is 216 g/mol. The van der Waals surface area contributed by atoms with Crippen molar-refractivity contribution in [3.8, 4) is 0 Å². The summed E-state index contributed by atoms with van der Waals surface area (Å²) in [5, 5.41) is 12.2. The lowest BCUT2D eigenvalue weighted by molar-refractivity contribution is -0.114. The van der Waals surface area contributed by atoms with Gasteiger partial charge in [-0.3, -0.25) is 9.69 Å². The number of carbonyl (C=O) groups is 1. The third-order valence-corrected chi connectivity index (χ3v) is 2.90. The Kier molecular flexibility index (Phi) is 3.76. The Morgan fingerprint density at radius 1 is 1.59 bits per heavy atom. The maximum Gasteiger partial charge on any atom is 0.221 e. The van der Waals surface area contributed by atoms with Gasteiger partial charge in [0.05, 0.1) is 6.10 Å². The van der Waals surface area contributed by atoms with Crippen LogP contribution in [0.5, 0.6) is 0 Å². The molecule has 17 heavy (non-hydrogen) atoms. The highest BCUT2D eigenvalue weighted by molar-refractivity contribution is 5.88. The molecule has 0 spiro atoms. The summed E-state index contributed by atoms with van der Waals surface area (Å²) in [6, 6.07) is 7.83. The highest BCUT2D eigenvalue weighted by Gasteiger charge is 2.19. The first-order valence-corrected chi connectivity index (χ1v) is 5.90. The van der Waals surface area contributed by atoms with Gasteiger partial charge in [0.25, 0.3) is 0 Å². The van der Waals surface area contributed by atoms with Gasteiger partial charge in [-0.25, -0.2) is 0 Å². The van der Waals surface area contributed by atoms with Gasteiger partial charge in [0.2, 0.25) is 5.91 Å². The standard InChI is InChI=1S/C13H18N2O2/c1-10(16)14-12-4-2-3-11(7-12)8-15-6-5-13(17)9-15/h2-4,7,13,17H,5-6,8-9H2,1H3,(H,14,16)/t13-/m1/s1. The molecule has 0 radical (unpaired) electrons. The van der Waals surface area contributed by atoms with Crippen LogP contribution in [0.25, 0.3) is 0 Å². The van der Waals surface area contributed by atoms with E-state index in [1.807, 2.05) is 24.3 Å². The number of aliphatic hydroxyl groups excluding tert-OH is 1. The predicted molar refractivity (Wildman–Crippen MR) is 66.6 cm³/mol. The second kappa shape index (κ2) is 5.29. The molecule has 1 saturated heterocycles. The summed E-state index contributed by atoms with van der Waals surface area (Å²) >= 11 is 0. The molecule has 1 aromatic rings. The van der Waals surface area contributed by atoms with Crippen molar-refractivity contribution >= 4 is 11.6 Å². The number of hydrogen-bond donors (Lipinski definition) is 2. The number of rotatable bonds is 3. The molecule has 1 amide bonds. The van der Waals surface area contributed by atoms with Crippen LogP contribution in [-0.4, -0.2) is 35.1 Å². The number of nitrogens with one attached hydrogen (secondary N) is 1. The fourth-order valence-corrected chi connectivity index (χ4v) is 2.16. The monoisotopic (exact) mass is 234 g/mol. The lowest BCUT2D eigenvalue weighted by Crippen LogP contribution is -2.21. The van der Waals surface area contributed by atoms with Crippen LogP contribution >= 0.6 is 0 Å². The lowest BCUT2D eigenvalue weighted by Gasteiger charge is -2.15. The van der Waals surface area contributed by atoms with Crippen molar-refractivity contribution in [3.05, 3.63) is 29.8 Å². The van der Waals surface area contributed by atoms with Crippen molar-refractivity contribution in [2.45, 2.75) is 26.0 Å². The van der Waals surface area contributed by atoms with E-state index in [2.05, 4.69) is 10.2 Å². The maximum absolute atomic E-state index is 11.0. The molecule has 4 heteroatoms. The molecule has 92 valence electrons. The van der Waals surface area contributed by atoms with E-state index in [-0.39, 0.29) is 12.0 Å². The summed E-state index contributed by atoms with van der Waals surface area (Å²) in [6.45, 7) is 4.00. The minimum Gasteiger partial charge on any atom is -0.392 e. The summed E-state index contributed by atoms with van der Waals surface area (Å²) in [6.07, 6.45) is 0.666. The largest absolute Gasteiger partial charge is 0.392 e. The fraction of sp³-hybridized carbons (Fsp3) is 0.462. The third-order valence-electron chi connectivity index (χ3n) is 2.90. The highest BCUT2D eigenvalue weighted by atomic mass is 16.3. The smallest absolute Gasteiger partial charge is 0.221 e. The van der Waals surface area contributed by atoms with Gasteiger partial charge >= 0.3 is 0 Å². The van der Waals surface area contributed by atoms with Crippen LogP contribution in [0.2, 0.25) is 0 Å². The topological polar surface area (TPSA) is 52.6 Å². The number of anilines is 1. The number of benzene rings is 1. The van der Waals surface area contributed by atoms with Crippen LogP contribution in [0, 0.1) is 0 Å². The molecule has 0 aromatic heterocycles. The van der Waals surface area contributed by atoms with Crippen molar-refractivity contribution in [2.24, 2.45) is 0 Å². The summed E-state index contributed by atoms with van der Waals surface area (Å²) in [4.78, 5) is 13.2. The van der Waals surface area contributed by atoms with E-state index in [9.17, 15) is 9.90 Å². The van der Waals surface area contributed by atoms with Crippen LogP contribution in [0.4, 0.5) is 5.69 Å². The predicted octanol–water partition coefficient (Wildman–Crippen LogP) is 1.21. The van der Waals surface area contributed by atoms with Crippen molar-refractivity contribution < 1.29 is 9.90 Å². The van der Waals surface area contributed by atoms with Crippen molar-refractivity contribution in [2.75, 3.05) is 18.4 Å². The van der Waals surface area contributed by atoms with Gasteiger partial charge in [-0.05, 0) is 24.1 Å². The van der Waals surface area contributed by atoms with E-state index in [0.717, 1.165) is 37.3 Å². The minimum atomic E-state index is -0.187.